The first-order chi connectivity index (χ1) is 15.5. The van der Waals surface area contributed by atoms with Gasteiger partial charge in [0.1, 0.15) is 0 Å². The predicted molar refractivity (Wildman–Crippen MR) is 126 cm³/mol. The molecule has 1 aliphatic rings. The number of para-hydroxylation sites is 1. The first-order valence-electron chi connectivity index (χ1n) is 11.3. The number of nitrogens with zero attached hydrogens (tertiary/aromatic N) is 3. The number of amides is 2. The van der Waals surface area contributed by atoms with Crippen LogP contribution in [0.1, 0.15) is 39.1 Å². The molecule has 32 heavy (non-hydrogen) atoms. The molecular weight excluding hydrogens is 402 g/mol. The van der Waals surface area contributed by atoms with Crippen LogP contribution >= 0.6 is 0 Å². The lowest BCUT2D eigenvalue weighted by molar-refractivity contribution is 0.0304. The van der Waals surface area contributed by atoms with Crippen molar-refractivity contribution >= 4 is 22.7 Å². The Kier molecular flexibility index (Phi) is 6.90. The maximum atomic E-state index is 13.1. The van der Waals surface area contributed by atoms with Crippen molar-refractivity contribution in [3.8, 4) is 0 Å². The Bertz CT molecular complexity index is 1100. The van der Waals surface area contributed by atoms with Gasteiger partial charge in [0.25, 0.3) is 11.8 Å². The average molecular weight is 434 g/mol. The Morgan fingerprint density at radius 1 is 1.00 bits per heavy atom. The van der Waals surface area contributed by atoms with Gasteiger partial charge in [-0.15, -0.1) is 0 Å². The SMILES string of the molecule is CN(C)C(=O)c1cccc(CCCCn2cc(C(=O)N3CCOCC3)c3ccccc32)c1. The normalized spacial score (nSPS) is 14.0. The minimum absolute atomic E-state index is 0.0307. The summed E-state index contributed by atoms with van der Waals surface area (Å²) in [5, 5.41) is 1.01. The van der Waals surface area contributed by atoms with Crippen molar-refractivity contribution in [1.82, 2.24) is 14.4 Å². The lowest BCUT2D eigenvalue weighted by atomic mass is 10.0. The van der Waals surface area contributed by atoms with Gasteiger partial charge in [0, 0.05) is 56.4 Å². The van der Waals surface area contributed by atoms with Gasteiger partial charge < -0.3 is 19.1 Å². The summed E-state index contributed by atoms with van der Waals surface area (Å²) in [4.78, 5) is 28.8. The second kappa shape index (κ2) is 10.0. The Morgan fingerprint density at radius 3 is 2.56 bits per heavy atom. The minimum atomic E-state index is 0.0307. The highest BCUT2D eigenvalue weighted by Crippen LogP contribution is 2.24. The number of ether oxygens (including phenoxy) is 1. The molecule has 4 rings (SSSR count). The summed E-state index contributed by atoms with van der Waals surface area (Å²) in [7, 11) is 3.54. The predicted octanol–water partition coefficient (Wildman–Crippen LogP) is 3.84. The van der Waals surface area contributed by atoms with Crippen molar-refractivity contribution in [1.29, 1.82) is 0 Å². The minimum Gasteiger partial charge on any atom is -0.378 e. The summed E-state index contributed by atoms with van der Waals surface area (Å²) >= 11 is 0. The lowest BCUT2D eigenvalue weighted by Gasteiger charge is -2.26. The van der Waals surface area contributed by atoms with E-state index in [1.54, 1.807) is 19.0 Å². The molecule has 0 saturated carbocycles. The quantitative estimate of drug-likeness (QED) is 0.532. The number of rotatable bonds is 7. The van der Waals surface area contributed by atoms with Crippen molar-refractivity contribution < 1.29 is 14.3 Å². The van der Waals surface area contributed by atoms with Crippen LogP contribution in [-0.4, -0.2) is 66.6 Å². The number of hydrogen-bond acceptors (Lipinski definition) is 3. The summed E-state index contributed by atoms with van der Waals surface area (Å²) in [5.41, 5.74) is 3.79. The summed E-state index contributed by atoms with van der Waals surface area (Å²) < 4.78 is 7.60. The van der Waals surface area contributed by atoms with Crippen LogP contribution in [0.5, 0.6) is 0 Å². The van der Waals surface area contributed by atoms with Crippen molar-refractivity contribution in [2.24, 2.45) is 0 Å². The largest absolute Gasteiger partial charge is 0.378 e. The number of carbonyl (C=O) groups excluding carboxylic acids is 2. The molecule has 0 bridgehead atoms. The number of morpholine rings is 1. The van der Waals surface area contributed by atoms with Crippen LogP contribution in [0.3, 0.4) is 0 Å². The first kappa shape index (κ1) is 22.1. The lowest BCUT2D eigenvalue weighted by Crippen LogP contribution is -2.40. The number of aromatic nitrogens is 1. The molecule has 2 aromatic carbocycles. The van der Waals surface area contributed by atoms with E-state index in [2.05, 4.69) is 16.7 Å². The van der Waals surface area contributed by atoms with Crippen molar-refractivity contribution in [3.05, 3.63) is 71.4 Å². The van der Waals surface area contributed by atoms with E-state index in [1.807, 2.05) is 47.5 Å². The van der Waals surface area contributed by atoms with E-state index in [4.69, 9.17) is 4.74 Å². The van der Waals surface area contributed by atoms with Crippen LogP contribution in [-0.2, 0) is 17.7 Å². The Morgan fingerprint density at radius 2 is 1.78 bits per heavy atom. The fourth-order valence-electron chi connectivity index (χ4n) is 4.27. The van der Waals surface area contributed by atoms with Crippen LogP contribution in [0.4, 0.5) is 0 Å². The molecule has 1 fully saturated rings. The second-order valence-electron chi connectivity index (χ2n) is 8.51. The molecule has 6 nitrogen and oxygen atoms in total. The Labute approximate surface area is 189 Å². The van der Waals surface area contributed by atoms with Crippen molar-refractivity contribution in [2.45, 2.75) is 25.8 Å². The maximum Gasteiger partial charge on any atom is 0.256 e. The Balaban J connectivity index is 1.41. The highest BCUT2D eigenvalue weighted by molar-refractivity contribution is 6.07. The summed E-state index contributed by atoms with van der Waals surface area (Å²) in [6.07, 6.45) is 4.95. The zero-order valence-corrected chi connectivity index (χ0v) is 18.9. The molecule has 1 aliphatic heterocycles. The van der Waals surface area contributed by atoms with Crippen LogP contribution < -0.4 is 0 Å². The van der Waals surface area contributed by atoms with Gasteiger partial charge in [-0.3, -0.25) is 9.59 Å². The van der Waals surface area contributed by atoms with Crippen molar-refractivity contribution in [2.75, 3.05) is 40.4 Å². The third-order valence-corrected chi connectivity index (χ3v) is 6.01. The molecule has 0 radical (unpaired) electrons. The van der Waals surface area contributed by atoms with Crippen molar-refractivity contribution in [3.63, 3.8) is 0 Å². The maximum absolute atomic E-state index is 13.1. The number of benzene rings is 2. The summed E-state index contributed by atoms with van der Waals surface area (Å²) in [5.74, 6) is 0.119. The fraction of sp³-hybridized carbons (Fsp3) is 0.385. The molecule has 0 unspecified atom stereocenters. The molecular formula is C26H31N3O3. The molecule has 2 amide bonds. The molecule has 1 aromatic heterocycles. The molecule has 168 valence electrons. The van der Waals surface area contributed by atoms with E-state index in [0.29, 0.717) is 26.3 Å². The highest BCUT2D eigenvalue weighted by atomic mass is 16.5. The third kappa shape index (κ3) is 4.86. The molecule has 0 atom stereocenters. The average Bonchev–Trinajstić information content (AvgIpc) is 3.20. The Hall–Kier alpha value is -3.12. The third-order valence-electron chi connectivity index (χ3n) is 6.01. The van der Waals surface area contributed by atoms with Crippen LogP contribution in [0.2, 0.25) is 0 Å². The van der Waals surface area contributed by atoms with Crippen LogP contribution in [0, 0.1) is 0 Å². The van der Waals surface area contributed by atoms with Crippen LogP contribution in [0.15, 0.2) is 54.7 Å². The second-order valence-corrected chi connectivity index (χ2v) is 8.51. The van der Waals surface area contributed by atoms with Gasteiger partial charge in [0.15, 0.2) is 0 Å². The monoisotopic (exact) mass is 433 g/mol. The van der Waals surface area contributed by atoms with Gasteiger partial charge in [0.05, 0.1) is 18.8 Å². The van der Waals surface area contributed by atoms with E-state index >= 15 is 0 Å². The highest BCUT2D eigenvalue weighted by Gasteiger charge is 2.22. The van der Waals surface area contributed by atoms with Gasteiger partial charge in [-0.1, -0.05) is 30.3 Å². The molecule has 1 saturated heterocycles. The molecule has 6 heteroatoms. The van der Waals surface area contributed by atoms with E-state index in [9.17, 15) is 9.59 Å². The van der Waals surface area contributed by atoms with E-state index < -0.39 is 0 Å². The molecule has 0 N–H and O–H groups in total. The van der Waals surface area contributed by atoms with Gasteiger partial charge in [0.2, 0.25) is 0 Å². The summed E-state index contributed by atoms with van der Waals surface area (Å²) in [6, 6.07) is 16.0. The first-order valence-corrected chi connectivity index (χ1v) is 11.3. The number of fused-ring (bicyclic) bond motifs is 1. The molecule has 3 aromatic rings. The smallest absolute Gasteiger partial charge is 0.256 e. The standard InChI is InChI=1S/C26H31N3O3/c1-27(2)25(30)21-10-7-9-20(18-21)8-5-6-13-29-19-23(22-11-3-4-12-24(22)29)26(31)28-14-16-32-17-15-28/h3-4,7,9-12,18-19H,5-6,8,13-17H2,1-2H3. The molecule has 2 heterocycles. The van der Waals surface area contributed by atoms with Gasteiger partial charge >= 0.3 is 0 Å². The summed E-state index contributed by atoms with van der Waals surface area (Å²) in [6.45, 7) is 3.35. The fourth-order valence-corrected chi connectivity index (χ4v) is 4.27. The number of unbranched alkanes of at least 4 members (excludes halogenated alkanes) is 1. The van der Waals surface area contributed by atoms with E-state index in [0.717, 1.165) is 47.8 Å². The van der Waals surface area contributed by atoms with Gasteiger partial charge in [-0.05, 0) is 43.0 Å². The van der Waals surface area contributed by atoms with Crippen LogP contribution in [0.25, 0.3) is 10.9 Å². The van der Waals surface area contributed by atoms with E-state index in [-0.39, 0.29) is 11.8 Å². The molecule has 0 aliphatic carbocycles. The number of aryl methyl sites for hydroxylation is 2. The number of carbonyl (C=O) groups is 2. The number of hydrogen-bond donors (Lipinski definition) is 0. The zero-order chi connectivity index (χ0) is 22.5. The van der Waals surface area contributed by atoms with Gasteiger partial charge in [-0.2, -0.15) is 0 Å². The van der Waals surface area contributed by atoms with Gasteiger partial charge in [-0.25, -0.2) is 0 Å². The molecule has 0 spiro atoms. The topological polar surface area (TPSA) is 54.8 Å². The van der Waals surface area contributed by atoms with E-state index in [1.165, 1.54) is 5.56 Å². The zero-order valence-electron chi connectivity index (χ0n) is 18.9.